The first-order valence-electron chi connectivity index (χ1n) is 6.79. The van der Waals surface area contributed by atoms with Crippen molar-refractivity contribution in [2.24, 2.45) is 0 Å². The molecule has 2 rings (SSSR count). The van der Waals surface area contributed by atoms with Gasteiger partial charge in [0.2, 0.25) is 0 Å². The average molecular weight is 288 g/mol. The molecule has 21 heavy (non-hydrogen) atoms. The maximum atomic E-state index is 9.64. The number of benzene rings is 2. The van der Waals surface area contributed by atoms with E-state index in [-0.39, 0.29) is 12.5 Å². The Kier molecular flexibility index (Phi) is 5.46. The third-order valence-electron chi connectivity index (χ3n) is 3.31. The molecule has 1 N–H and O–H groups in total. The molecule has 0 saturated carbocycles. The summed E-state index contributed by atoms with van der Waals surface area (Å²) >= 11 is 0. The lowest BCUT2D eigenvalue weighted by molar-refractivity contribution is 0.198. The molecule has 0 aliphatic carbocycles. The smallest absolute Gasteiger partial charge is 0.161 e. The molecular weight excluding hydrogens is 268 g/mol. The molecule has 2 aromatic rings. The van der Waals surface area contributed by atoms with E-state index in [0.717, 1.165) is 11.3 Å². The fourth-order valence-electron chi connectivity index (χ4n) is 2.17. The average Bonchev–Trinajstić information content (AvgIpc) is 2.56. The predicted octanol–water partition coefficient (Wildman–Crippen LogP) is 2.86. The molecule has 4 nitrogen and oxygen atoms in total. The van der Waals surface area contributed by atoms with E-state index in [4.69, 9.17) is 14.2 Å². The molecule has 0 spiro atoms. The van der Waals surface area contributed by atoms with Gasteiger partial charge in [0, 0.05) is 11.5 Å². The van der Waals surface area contributed by atoms with Crippen molar-refractivity contribution in [1.29, 1.82) is 0 Å². The Morgan fingerprint density at radius 2 is 1.43 bits per heavy atom. The van der Waals surface area contributed by atoms with Gasteiger partial charge in [0.1, 0.15) is 5.75 Å². The minimum absolute atomic E-state index is 0.0183. The quantitative estimate of drug-likeness (QED) is 0.851. The van der Waals surface area contributed by atoms with Gasteiger partial charge in [-0.1, -0.05) is 30.3 Å². The Balaban J connectivity index is 2.12. The number of ether oxygens (including phenoxy) is 3. The molecule has 1 atom stereocenters. The van der Waals surface area contributed by atoms with Crippen molar-refractivity contribution in [2.75, 3.05) is 27.4 Å². The lowest BCUT2D eigenvalue weighted by atomic mass is 10.00. The molecule has 0 aliphatic heterocycles. The molecule has 0 bridgehead atoms. The van der Waals surface area contributed by atoms with Crippen LogP contribution in [0.3, 0.4) is 0 Å². The Labute approximate surface area is 124 Å². The summed E-state index contributed by atoms with van der Waals surface area (Å²) in [6.45, 7) is 0.326. The lowest BCUT2D eigenvalue weighted by Crippen LogP contribution is -2.15. The van der Waals surface area contributed by atoms with Gasteiger partial charge in [0.25, 0.3) is 0 Å². The predicted molar refractivity (Wildman–Crippen MR) is 81.3 cm³/mol. The van der Waals surface area contributed by atoms with Crippen LogP contribution in [0.4, 0.5) is 0 Å². The summed E-state index contributed by atoms with van der Waals surface area (Å²) < 4.78 is 16.4. The van der Waals surface area contributed by atoms with E-state index in [9.17, 15) is 5.11 Å². The van der Waals surface area contributed by atoms with Gasteiger partial charge in [0.15, 0.2) is 11.5 Å². The van der Waals surface area contributed by atoms with Gasteiger partial charge in [-0.15, -0.1) is 0 Å². The standard InChI is InChI=1S/C17H20O4/c1-19-15-8-4-3-7-14(15)13(11-18)12-21-17-10-6-5-9-16(17)20-2/h3-10,13,18H,11-12H2,1-2H3. The maximum Gasteiger partial charge on any atom is 0.161 e. The first-order chi connectivity index (χ1) is 10.3. The largest absolute Gasteiger partial charge is 0.496 e. The number of hydrogen-bond donors (Lipinski definition) is 1. The number of rotatable bonds is 7. The van der Waals surface area contributed by atoms with Crippen molar-refractivity contribution in [3.63, 3.8) is 0 Å². The second kappa shape index (κ2) is 7.55. The van der Waals surface area contributed by atoms with E-state index in [1.54, 1.807) is 14.2 Å². The first-order valence-corrected chi connectivity index (χ1v) is 6.79. The van der Waals surface area contributed by atoms with Gasteiger partial charge < -0.3 is 19.3 Å². The van der Waals surface area contributed by atoms with Crippen LogP contribution >= 0.6 is 0 Å². The molecule has 0 amide bonds. The van der Waals surface area contributed by atoms with E-state index >= 15 is 0 Å². The van der Waals surface area contributed by atoms with Crippen LogP contribution in [0.1, 0.15) is 11.5 Å². The molecular formula is C17H20O4. The molecule has 0 radical (unpaired) electrons. The fraction of sp³-hybridized carbons (Fsp3) is 0.294. The molecule has 0 fully saturated rings. The van der Waals surface area contributed by atoms with Gasteiger partial charge in [-0.3, -0.25) is 0 Å². The van der Waals surface area contributed by atoms with Crippen molar-refractivity contribution in [1.82, 2.24) is 0 Å². The number of aliphatic hydroxyl groups is 1. The van der Waals surface area contributed by atoms with Crippen molar-refractivity contribution in [3.8, 4) is 17.2 Å². The number of hydrogen-bond acceptors (Lipinski definition) is 4. The van der Waals surface area contributed by atoms with Crippen LogP contribution in [0.2, 0.25) is 0 Å². The van der Waals surface area contributed by atoms with Crippen LogP contribution in [0.5, 0.6) is 17.2 Å². The summed E-state index contributed by atoms with van der Waals surface area (Å²) in [6, 6.07) is 15.1. The summed E-state index contributed by atoms with van der Waals surface area (Å²) in [4.78, 5) is 0. The third kappa shape index (κ3) is 3.67. The SMILES string of the molecule is COc1ccccc1OCC(CO)c1ccccc1OC. The van der Waals surface area contributed by atoms with Gasteiger partial charge in [-0.05, 0) is 18.2 Å². The second-order valence-electron chi connectivity index (χ2n) is 4.58. The summed E-state index contributed by atoms with van der Waals surface area (Å²) in [5.74, 6) is 1.92. The van der Waals surface area contributed by atoms with Gasteiger partial charge in [-0.25, -0.2) is 0 Å². The molecule has 0 aromatic heterocycles. The van der Waals surface area contributed by atoms with Crippen LogP contribution in [0, 0.1) is 0 Å². The molecule has 1 unspecified atom stereocenters. The number of methoxy groups -OCH3 is 2. The molecule has 2 aromatic carbocycles. The van der Waals surface area contributed by atoms with Gasteiger partial charge in [0.05, 0.1) is 27.4 Å². The van der Waals surface area contributed by atoms with E-state index in [2.05, 4.69) is 0 Å². The fourth-order valence-corrected chi connectivity index (χ4v) is 2.17. The maximum absolute atomic E-state index is 9.64. The van der Waals surface area contributed by atoms with Gasteiger partial charge >= 0.3 is 0 Å². The van der Waals surface area contributed by atoms with Crippen LogP contribution in [0.25, 0.3) is 0 Å². The van der Waals surface area contributed by atoms with Crippen molar-refractivity contribution in [2.45, 2.75) is 5.92 Å². The topological polar surface area (TPSA) is 47.9 Å². The van der Waals surface area contributed by atoms with Crippen molar-refractivity contribution >= 4 is 0 Å². The molecule has 4 heteroatoms. The molecule has 0 aliphatic rings. The van der Waals surface area contributed by atoms with Crippen LogP contribution < -0.4 is 14.2 Å². The summed E-state index contributed by atoms with van der Waals surface area (Å²) in [5, 5.41) is 9.64. The van der Waals surface area contributed by atoms with Crippen LogP contribution in [-0.2, 0) is 0 Å². The Morgan fingerprint density at radius 1 is 0.857 bits per heavy atom. The zero-order valence-corrected chi connectivity index (χ0v) is 12.3. The van der Waals surface area contributed by atoms with Crippen LogP contribution in [-0.4, -0.2) is 32.5 Å². The van der Waals surface area contributed by atoms with Gasteiger partial charge in [-0.2, -0.15) is 0 Å². The zero-order chi connectivity index (χ0) is 15.1. The highest BCUT2D eigenvalue weighted by atomic mass is 16.5. The Morgan fingerprint density at radius 3 is 2.05 bits per heavy atom. The second-order valence-corrected chi connectivity index (χ2v) is 4.58. The Bertz CT molecular complexity index is 568. The van der Waals surface area contributed by atoms with Crippen molar-refractivity contribution < 1.29 is 19.3 Å². The minimum atomic E-state index is -0.161. The third-order valence-corrected chi connectivity index (χ3v) is 3.31. The van der Waals surface area contributed by atoms with E-state index in [1.165, 1.54) is 0 Å². The highest BCUT2D eigenvalue weighted by Crippen LogP contribution is 2.30. The van der Waals surface area contributed by atoms with E-state index in [0.29, 0.717) is 18.1 Å². The van der Waals surface area contributed by atoms with E-state index in [1.807, 2.05) is 48.5 Å². The molecule has 0 heterocycles. The molecule has 0 saturated heterocycles. The lowest BCUT2D eigenvalue weighted by Gasteiger charge is -2.19. The Hall–Kier alpha value is -2.20. The monoisotopic (exact) mass is 288 g/mol. The highest BCUT2D eigenvalue weighted by molar-refractivity contribution is 5.40. The normalized spacial score (nSPS) is 11.8. The zero-order valence-electron chi connectivity index (χ0n) is 12.3. The highest BCUT2D eigenvalue weighted by Gasteiger charge is 2.16. The minimum Gasteiger partial charge on any atom is -0.496 e. The summed E-state index contributed by atoms with van der Waals surface area (Å²) in [7, 11) is 3.22. The summed E-state index contributed by atoms with van der Waals surface area (Å²) in [5.41, 5.74) is 0.928. The van der Waals surface area contributed by atoms with Crippen LogP contribution in [0.15, 0.2) is 48.5 Å². The van der Waals surface area contributed by atoms with E-state index < -0.39 is 0 Å². The molecule has 112 valence electrons. The summed E-state index contributed by atoms with van der Waals surface area (Å²) in [6.07, 6.45) is 0. The first kappa shape index (κ1) is 15.2. The van der Waals surface area contributed by atoms with Crippen molar-refractivity contribution in [3.05, 3.63) is 54.1 Å². The number of para-hydroxylation sites is 3. The number of aliphatic hydroxyl groups excluding tert-OH is 1.